The van der Waals surface area contributed by atoms with Crippen LogP contribution in [0.2, 0.25) is 0 Å². The van der Waals surface area contributed by atoms with Crippen LogP contribution in [0.5, 0.6) is 0 Å². The van der Waals surface area contributed by atoms with E-state index in [-0.39, 0.29) is 17.9 Å². The smallest absolute Gasteiger partial charge is 0.377 e. The Balaban J connectivity index is 1.54. The van der Waals surface area contributed by atoms with Gasteiger partial charge in [-0.25, -0.2) is 9.59 Å². The molecule has 224 valence electrons. The van der Waals surface area contributed by atoms with Crippen LogP contribution >= 0.6 is 0 Å². The highest BCUT2D eigenvalue weighted by molar-refractivity contribution is 6.02. The topological polar surface area (TPSA) is 127 Å². The predicted molar refractivity (Wildman–Crippen MR) is 153 cm³/mol. The maximum absolute atomic E-state index is 12.7. The van der Waals surface area contributed by atoms with E-state index in [9.17, 15) is 14.7 Å². The Morgan fingerprint density at radius 3 is 1.79 bits per heavy atom. The first-order valence-corrected chi connectivity index (χ1v) is 13.7. The Hall–Kier alpha value is -4.35. The standard InChI is InChI=1S/C33H33NO9/c1-32(2)41-27(29(42-32)26-25(30(36)38-3)28(43-34-26)31(37)39-4)24(35)20-40-33(21-14-8-5-9-15-21,22-16-10-6-11-17-22)23-18-12-7-13-19-23/h5-19,24,27,29,35H,20H2,1-4H3/t24-,27-,29+/m1/s1. The Morgan fingerprint density at radius 2 is 1.33 bits per heavy atom. The van der Waals surface area contributed by atoms with Crippen molar-refractivity contribution >= 4 is 11.9 Å². The second-order valence-electron chi connectivity index (χ2n) is 10.4. The molecule has 0 spiro atoms. The maximum Gasteiger partial charge on any atom is 0.377 e. The number of aliphatic hydroxyl groups excluding tert-OH is 1. The summed E-state index contributed by atoms with van der Waals surface area (Å²) in [6.07, 6.45) is -3.48. The van der Waals surface area contributed by atoms with Gasteiger partial charge in [-0.15, -0.1) is 0 Å². The quantitative estimate of drug-likeness (QED) is 0.204. The molecule has 0 bridgehead atoms. The lowest BCUT2D eigenvalue weighted by atomic mass is 9.80. The lowest BCUT2D eigenvalue weighted by molar-refractivity contribution is -0.162. The average molecular weight is 588 g/mol. The van der Waals surface area contributed by atoms with Crippen molar-refractivity contribution < 1.29 is 42.9 Å². The first-order valence-electron chi connectivity index (χ1n) is 13.7. The molecule has 3 atom stereocenters. The SMILES string of the molecule is COC(=O)c1onc([C@@H]2OC(C)(C)O[C@@H]2[C@H](O)COC(c2ccccc2)(c2ccccc2)c2ccccc2)c1C(=O)OC. The third kappa shape index (κ3) is 5.82. The first kappa shape index (κ1) is 30.1. The Kier molecular flexibility index (Phi) is 8.74. The maximum atomic E-state index is 12.7. The summed E-state index contributed by atoms with van der Waals surface area (Å²) < 4.78 is 33.8. The van der Waals surface area contributed by atoms with Gasteiger partial charge in [0, 0.05) is 0 Å². The fourth-order valence-corrected chi connectivity index (χ4v) is 5.38. The molecule has 0 radical (unpaired) electrons. The third-order valence-corrected chi connectivity index (χ3v) is 7.27. The predicted octanol–water partition coefficient (Wildman–Crippen LogP) is 4.81. The number of carbonyl (C=O) groups excluding carboxylic acids is 2. The van der Waals surface area contributed by atoms with Gasteiger partial charge >= 0.3 is 11.9 Å². The van der Waals surface area contributed by atoms with Gasteiger partial charge in [0.25, 0.3) is 5.76 Å². The van der Waals surface area contributed by atoms with Crippen molar-refractivity contribution in [2.24, 2.45) is 0 Å². The van der Waals surface area contributed by atoms with Crippen LogP contribution in [0.4, 0.5) is 0 Å². The van der Waals surface area contributed by atoms with E-state index in [1.165, 1.54) is 0 Å². The summed E-state index contributed by atoms with van der Waals surface area (Å²) in [6, 6.07) is 29.2. The summed E-state index contributed by atoms with van der Waals surface area (Å²) in [5, 5.41) is 15.6. The van der Waals surface area contributed by atoms with Crippen LogP contribution < -0.4 is 0 Å². The number of benzene rings is 3. The zero-order chi connectivity index (χ0) is 30.6. The number of hydrogen-bond donors (Lipinski definition) is 1. The number of ether oxygens (including phenoxy) is 5. The summed E-state index contributed by atoms with van der Waals surface area (Å²) in [7, 11) is 2.30. The van der Waals surface area contributed by atoms with Gasteiger partial charge in [0.2, 0.25) is 0 Å². The summed E-state index contributed by atoms with van der Waals surface area (Å²) in [5.41, 5.74) is 1.12. The fourth-order valence-electron chi connectivity index (χ4n) is 5.38. The van der Waals surface area contributed by atoms with Crippen LogP contribution in [0.1, 0.15) is 63.2 Å². The first-order chi connectivity index (χ1) is 20.7. The molecule has 1 fully saturated rings. The van der Waals surface area contributed by atoms with Crippen molar-refractivity contribution in [2.45, 2.75) is 43.5 Å². The van der Waals surface area contributed by atoms with Gasteiger partial charge in [-0.3, -0.25) is 0 Å². The molecule has 0 unspecified atom stereocenters. The van der Waals surface area contributed by atoms with Crippen molar-refractivity contribution in [3.05, 3.63) is 125 Å². The number of hydrogen-bond acceptors (Lipinski definition) is 10. The second kappa shape index (κ2) is 12.5. The zero-order valence-corrected chi connectivity index (χ0v) is 24.3. The van der Waals surface area contributed by atoms with Crippen LogP contribution in [0, 0.1) is 0 Å². The Labute approximate surface area is 249 Å². The van der Waals surface area contributed by atoms with Crippen LogP contribution in [0.25, 0.3) is 0 Å². The lowest BCUT2D eigenvalue weighted by Gasteiger charge is -2.37. The van der Waals surface area contributed by atoms with Crippen LogP contribution in [-0.4, -0.2) is 61.0 Å². The molecule has 43 heavy (non-hydrogen) atoms. The van der Waals surface area contributed by atoms with E-state index in [1.807, 2.05) is 91.0 Å². The van der Waals surface area contributed by atoms with Gasteiger partial charge < -0.3 is 33.3 Å². The minimum Gasteiger partial charge on any atom is -0.465 e. The molecule has 3 aromatic carbocycles. The second-order valence-corrected chi connectivity index (χ2v) is 10.4. The van der Waals surface area contributed by atoms with E-state index in [0.29, 0.717) is 0 Å². The number of esters is 2. The van der Waals surface area contributed by atoms with Gasteiger partial charge in [0.1, 0.15) is 35.2 Å². The molecule has 10 heteroatoms. The van der Waals surface area contributed by atoms with E-state index in [2.05, 4.69) is 5.16 Å². The highest BCUT2D eigenvalue weighted by atomic mass is 16.8. The zero-order valence-electron chi connectivity index (χ0n) is 24.3. The molecular formula is C33H33NO9. The van der Waals surface area contributed by atoms with Crippen molar-refractivity contribution in [2.75, 3.05) is 20.8 Å². The highest BCUT2D eigenvalue weighted by Crippen LogP contribution is 2.44. The van der Waals surface area contributed by atoms with Crippen LogP contribution in [0.3, 0.4) is 0 Å². The molecule has 1 aliphatic rings. The molecule has 0 saturated carbocycles. The van der Waals surface area contributed by atoms with Gasteiger partial charge in [-0.05, 0) is 30.5 Å². The molecular weight excluding hydrogens is 554 g/mol. The minimum atomic E-state index is -1.29. The number of aromatic nitrogens is 1. The average Bonchev–Trinajstić information content (AvgIpc) is 3.62. The van der Waals surface area contributed by atoms with E-state index in [0.717, 1.165) is 30.9 Å². The molecule has 10 nitrogen and oxygen atoms in total. The van der Waals surface area contributed by atoms with Gasteiger partial charge in [0.05, 0.1) is 20.8 Å². The molecule has 5 rings (SSSR count). The summed E-state index contributed by atoms with van der Waals surface area (Å²) in [4.78, 5) is 25.1. The lowest BCUT2D eigenvalue weighted by Crippen LogP contribution is -2.41. The summed E-state index contributed by atoms with van der Waals surface area (Å²) in [5.74, 6) is -3.44. The summed E-state index contributed by atoms with van der Waals surface area (Å²) in [6.45, 7) is 3.11. The summed E-state index contributed by atoms with van der Waals surface area (Å²) >= 11 is 0. The molecule has 4 aromatic rings. The van der Waals surface area contributed by atoms with E-state index in [1.54, 1.807) is 13.8 Å². The van der Waals surface area contributed by atoms with Gasteiger partial charge in [-0.2, -0.15) is 0 Å². The highest BCUT2D eigenvalue weighted by Gasteiger charge is 2.50. The molecule has 0 aliphatic carbocycles. The normalized spacial score (nSPS) is 18.6. The molecule has 1 aliphatic heterocycles. The number of aliphatic hydroxyl groups is 1. The van der Waals surface area contributed by atoms with Gasteiger partial charge in [0.15, 0.2) is 5.79 Å². The van der Waals surface area contributed by atoms with Crippen molar-refractivity contribution in [1.29, 1.82) is 0 Å². The van der Waals surface area contributed by atoms with Crippen LogP contribution in [0.15, 0.2) is 95.5 Å². The van der Waals surface area contributed by atoms with E-state index >= 15 is 0 Å². The number of methoxy groups -OCH3 is 2. The Bertz CT molecular complexity index is 1440. The molecule has 2 heterocycles. The number of carbonyl (C=O) groups is 2. The fraction of sp³-hybridized carbons (Fsp3) is 0.303. The number of nitrogens with zero attached hydrogens (tertiary/aromatic N) is 1. The van der Waals surface area contributed by atoms with E-state index < -0.39 is 47.4 Å². The molecule has 1 aromatic heterocycles. The van der Waals surface area contributed by atoms with E-state index in [4.69, 9.17) is 28.2 Å². The number of rotatable bonds is 10. The molecule has 1 N–H and O–H groups in total. The monoisotopic (exact) mass is 587 g/mol. The van der Waals surface area contributed by atoms with Crippen molar-refractivity contribution in [3.8, 4) is 0 Å². The minimum absolute atomic E-state index is 0.0673. The van der Waals surface area contributed by atoms with Crippen molar-refractivity contribution in [3.63, 3.8) is 0 Å². The largest absolute Gasteiger partial charge is 0.465 e. The van der Waals surface area contributed by atoms with Crippen LogP contribution in [-0.2, 0) is 29.3 Å². The Morgan fingerprint density at radius 1 is 0.837 bits per heavy atom. The van der Waals surface area contributed by atoms with Gasteiger partial charge in [-0.1, -0.05) is 96.2 Å². The molecule has 1 saturated heterocycles. The van der Waals surface area contributed by atoms with Crippen molar-refractivity contribution in [1.82, 2.24) is 5.16 Å². The molecule has 0 amide bonds. The third-order valence-electron chi connectivity index (χ3n) is 7.27.